The fourth-order valence-corrected chi connectivity index (χ4v) is 2.87. The van der Waals surface area contributed by atoms with Gasteiger partial charge in [-0.1, -0.05) is 0 Å². The molecule has 21 heavy (non-hydrogen) atoms. The number of fused-ring (bicyclic) bond motifs is 1. The van der Waals surface area contributed by atoms with Gasteiger partial charge in [-0.2, -0.15) is 0 Å². The number of aromatic nitrogens is 1. The smallest absolute Gasteiger partial charge is 0.0743 e. The second-order valence-electron chi connectivity index (χ2n) is 5.91. The monoisotopic (exact) mass is 285 g/mol. The number of benzene rings is 1. The van der Waals surface area contributed by atoms with Gasteiger partial charge in [0.2, 0.25) is 0 Å². The van der Waals surface area contributed by atoms with Crippen molar-refractivity contribution in [3.63, 3.8) is 0 Å². The van der Waals surface area contributed by atoms with Crippen molar-refractivity contribution >= 4 is 22.3 Å². The van der Waals surface area contributed by atoms with Crippen LogP contribution in [-0.2, 0) is 0 Å². The van der Waals surface area contributed by atoms with E-state index in [1.54, 1.807) is 0 Å². The Morgan fingerprint density at radius 1 is 1.29 bits per heavy atom. The summed E-state index contributed by atoms with van der Waals surface area (Å²) in [5.41, 5.74) is 8.64. The highest BCUT2D eigenvalue weighted by atomic mass is 15.3. The van der Waals surface area contributed by atoms with Crippen molar-refractivity contribution in [3.8, 4) is 0 Å². The van der Waals surface area contributed by atoms with Gasteiger partial charge in [-0.15, -0.1) is 0 Å². The lowest BCUT2D eigenvalue weighted by Gasteiger charge is -2.38. The van der Waals surface area contributed by atoms with Crippen LogP contribution in [0.15, 0.2) is 30.5 Å². The number of likely N-dealkylation sites (N-methyl/N-ethyl adjacent to an activating group) is 2. The molecule has 1 saturated heterocycles. The molecule has 2 aromatic rings. The Bertz CT molecular complexity index is 627. The van der Waals surface area contributed by atoms with Gasteiger partial charge in [-0.3, -0.25) is 9.88 Å². The molecule has 1 aromatic carbocycles. The molecule has 1 aliphatic heterocycles. The maximum atomic E-state index is 5.83. The van der Waals surface area contributed by atoms with Crippen LogP contribution < -0.4 is 11.1 Å². The van der Waals surface area contributed by atoms with E-state index in [9.17, 15) is 0 Å². The Balaban J connectivity index is 1.76. The summed E-state index contributed by atoms with van der Waals surface area (Å²) in [4.78, 5) is 9.20. The third kappa shape index (κ3) is 3.09. The summed E-state index contributed by atoms with van der Waals surface area (Å²) < 4.78 is 0. The second-order valence-corrected chi connectivity index (χ2v) is 5.91. The Morgan fingerprint density at radius 3 is 3.00 bits per heavy atom. The topological polar surface area (TPSA) is 57.4 Å². The van der Waals surface area contributed by atoms with Crippen molar-refractivity contribution in [1.29, 1.82) is 0 Å². The maximum absolute atomic E-state index is 5.83. The third-order valence-electron chi connectivity index (χ3n) is 4.28. The normalized spacial score (nSPS) is 20.8. The highest BCUT2D eigenvalue weighted by molar-refractivity contribution is 5.92. The molecule has 0 saturated carbocycles. The fraction of sp³-hybridized carbons (Fsp3) is 0.438. The Hall–Kier alpha value is -1.85. The lowest BCUT2D eigenvalue weighted by atomic mass is 10.1. The number of hydrogen-bond acceptors (Lipinski definition) is 5. The number of rotatable bonds is 3. The molecular weight excluding hydrogens is 262 g/mol. The summed E-state index contributed by atoms with van der Waals surface area (Å²) in [5, 5.41) is 4.70. The molecule has 0 amide bonds. The van der Waals surface area contributed by atoms with Crippen LogP contribution in [0.2, 0.25) is 0 Å². The van der Waals surface area contributed by atoms with E-state index >= 15 is 0 Å². The number of nitrogens with one attached hydrogen (secondary N) is 1. The molecular formula is C16H23N5. The molecule has 3 N–H and O–H groups in total. The van der Waals surface area contributed by atoms with Gasteiger partial charge >= 0.3 is 0 Å². The van der Waals surface area contributed by atoms with Gasteiger partial charge in [0.15, 0.2) is 0 Å². The molecule has 0 aliphatic carbocycles. The summed E-state index contributed by atoms with van der Waals surface area (Å²) in [6, 6.07) is 8.44. The summed E-state index contributed by atoms with van der Waals surface area (Å²) in [6.07, 6.45) is 1.83. The van der Waals surface area contributed by atoms with Gasteiger partial charge in [-0.05, 0) is 38.4 Å². The lowest BCUT2D eigenvalue weighted by molar-refractivity contribution is 0.122. The molecule has 2 heterocycles. The molecule has 5 heteroatoms. The average molecular weight is 285 g/mol. The molecule has 0 radical (unpaired) electrons. The Labute approximate surface area is 125 Å². The zero-order chi connectivity index (χ0) is 14.8. The van der Waals surface area contributed by atoms with E-state index < -0.39 is 0 Å². The molecule has 1 atom stereocenters. The van der Waals surface area contributed by atoms with Crippen molar-refractivity contribution in [2.75, 3.05) is 51.3 Å². The number of nitrogens with two attached hydrogens (primary N) is 1. The van der Waals surface area contributed by atoms with E-state index in [4.69, 9.17) is 5.73 Å². The average Bonchev–Trinajstić information content (AvgIpc) is 2.47. The van der Waals surface area contributed by atoms with Crippen LogP contribution in [0.25, 0.3) is 10.9 Å². The zero-order valence-electron chi connectivity index (χ0n) is 12.7. The van der Waals surface area contributed by atoms with Gasteiger partial charge in [-0.25, -0.2) is 0 Å². The quantitative estimate of drug-likeness (QED) is 0.837. The molecule has 0 bridgehead atoms. The minimum Gasteiger partial charge on any atom is -0.399 e. The van der Waals surface area contributed by atoms with Crippen molar-refractivity contribution in [2.45, 2.75) is 6.04 Å². The standard InChI is InChI=1S/C16H23N5/c1-20-7-8-21(2)13(11-20)10-19-15-5-6-18-16-9-12(17)3-4-14(15)16/h3-6,9,13H,7-8,10-11,17H2,1-2H3,(H,18,19). The molecule has 3 rings (SSSR count). The third-order valence-corrected chi connectivity index (χ3v) is 4.28. The van der Waals surface area contributed by atoms with Crippen molar-refractivity contribution in [3.05, 3.63) is 30.5 Å². The number of nitrogen functional groups attached to an aromatic ring is 1. The zero-order valence-corrected chi connectivity index (χ0v) is 12.7. The van der Waals surface area contributed by atoms with Crippen LogP contribution in [0.4, 0.5) is 11.4 Å². The molecule has 5 nitrogen and oxygen atoms in total. The fourth-order valence-electron chi connectivity index (χ4n) is 2.87. The van der Waals surface area contributed by atoms with Gasteiger partial charge in [0.05, 0.1) is 5.52 Å². The largest absolute Gasteiger partial charge is 0.399 e. The van der Waals surface area contributed by atoms with Crippen LogP contribution in [-0.4, -0.2) is 61.1 Å². The lowest BCUT2D eigenvalue weighted by Crippen LogP contribution is -2.52. The Morgan fingerprint density at radius 2 is 2.14 bits per heavy atom. The molecule has 112 valence electrons. The first-order valence-electron chi connectivity index (χ1n) is 7.40. The summed E-state index contributed by atoms with van der Waals surface area (Å²) in [6.45, 7) is 4.30. The second kappa shape index (κ2) is 5.87. The minimum atomic E-state index is 0.528. The van der Waals surface area contributed by atoms with Crippen molar-refractivity contribution in [2.24, 2.45) is 0 Å². The molecule has 1 aliphatic rings. The number of hydrogen-bond donors (Lipinski definition) is 2. The highest BCUT2D eigenvalue weighted by Gasteiger charge is 2.21. The molecule has 0 spiro atoms. The molecule has 1 aromatic heterocycles. The first kappa shape index (κ1) is 14.1. The first-order valence-corrected chi connectivity index (χ1v) is 7.40. The van der Waals surface area contributed by atoms with E-state index in [1.807, 2.05) is 30.5 Å². The SMILES string of the molecule is CN1CCN(C)C(CNc2ccnc3cc(N)ccc23)C1. The van der Waals surface area contributed by atoms with Crippen LogP contribution in [0, 0.1) is 0 Å². The highest BCUT2D eigenvalue weighted by Crippen LogP contribution is 2.23. The van der Waals surface area contributed by atoms with E-state index in [2.05, 4.69) is 34.2 Å². The van der Waals surface area contributed by atoms with E-state index in [-0.39, 0.29) is 0 Å². The van der Waals surface area contributed by atoms with Gasteiger partial charge in [0.1, 0.15) is 0 Å². The van der Waals surface area contributed by atoms with Crippen molar-refractivity contribution < 1.29 is 0 Å². The molecule has 1 unspecified atom stereocenters. The predicted octanol–water partition coefficient (Wildman–Crippen LogP) is 1.47. The summed E-state index contributed by atoms with van der Waals surface area (Å²) >= 11 is 0. The Kier molecular flexibility index (Phi) is 3.94. The van der Waals surface area contributed by atoms with Crippen LogP contribution >= 0.6 is 0 Å². The summed E-state index contributed by atoms with van der Waals surface area (Å²) in [7, 11) is 4.38. The van der Waals surface area contributed by atoms with Gasteiger partial charge < -0.3 is 16.0 Å². The minimum absolute atomic E-state index is 0.528. The van der Waals surface area contributed by atoms with E-state index in [0.29, 0.717) is 6.04 Å². The predicted molar refractivity (Wildman–Crippen MR) is 88.6 cm³/mol. The number of nitrogens with zero attached hydrogens (tertiary/aromatic N) is 3. The summed E-state index contributed by atoms with van der Waals surface area (Å²) in [5.74, 6) is 0. The number of anilines is 2. The number of pyridine rings is 1. The number of piperazine rings is 1. The first-order chi connectivity index (χ1) is 10.1. The van der Waals surface area contributed by atoms with E-state index in [1.165, 1.54) is 0 Å². The van der Waals surface area contributed by atoms with Crippen LogP contribution in [0.1, 0.15) is 0 Å². The van der Waals surface area contributed by atoms with Crippen LogP contribution in [0.5, 0.6) is 0 Å². The maximum Gasteiger partial charge on any atom is 0.0743 e. The van der Waals surface area contributed by atoms with Crippen LogP contribution in [0.3, 0.4) is 0 Å². The van der Waals surface area contributed by atoms with Gasteiger partial charge in [0, 0.05) is 55.2 Å². The van der Waals surface area contributed by atoms with Gasteiger partial charge in [0.25, 0.3) is 0 Å². The van der Waals surface area contributed by atoms with Crippen molar-refractivity contribution in [1.82, 2.24) is 14.8 Å². The van der Waals surface area contributed by atoms with E-state index in [0.717, 1.165) is 48.5 Å². The molecule has 1 fully saturated rings.